The van der Waals surface area contributed by atoms with Crippen LogP contribution in [-0.2, 0) is 11.3 Å². The molecule has 0 amide bonds. The van der Waals surface area contributed by atoms with E-state index in [1.807, 2.05) is 6.92 Å². The van der Waals surface area contributed by atoms with Crippen LogP contribution in [0.1, 0.15) is 31.9 Å². The van der Waals surface area contributed by atoms with Gasteiger partial charge in [0.15, 0.2) is 0 Å². The lowest BCUT2D eigenvalue weighted by molar-refractivity contribution is -0.384. The standard InChI is InChI=1S/C12H20N4O4/c1-4-7-15-12(11(16(19)20)9(2)13-15)14(3)8-5-6-10(17)18/h4-8H2,1-3H3,(H,17,18). The normalized spacial score (nSPS) is 10.6. The quantitative estimate of drug-likeness (QED) is 0.577. The van der Waals surface area contributed by atoms with Gasteiger partial charge in [-0.25, -0.2) is 4.68 Å². The van der Waals surface area contributed by atoms with Crippen LogP contribution in [0.5, 0.6) is 0 Å². The van der Waals surface area contributed by atoms with Crippen LogP contribution >= 0.6 is 0 Å². The first-order chi connectivity index (χ1) is 9.38. The number of nitro groups is 1. The Balaban J connectivity index is 2.99. The molecule has 112 valence electrons. The Morgan fingerprint density at radius 3 is 2.70 bits per heavy atom. The van der Waals surface area contributed by atoms with Crippen LogP contribution < -0.4 is 4.90 Å². The summed E-state index contributed by atoms with van der Waals surface area (Å²) in [5, 5.41) is 24.0. The zero-order valence-electron chi connectivity index (χ0n) is 12.0. The topological polar surface area (TPSA) is 101 Å². The number of rotatable bonds is 8. The highest BCUT2D eigenvalue weighted by Crippen LogP contribution is 2.31. The molecule has 0 aliphatic rings. The summed E-state index contributed by atoms with van der Waals surface area (Å²) in [4.78, 5) is 23.0. The van der Waals surface area contributed by atoms with Gasteiger partial charge in [0.1, 0.15) is 5.69 Å². The number of hydrogen-bond acceptors (Lipinski definition) is 5. The van der Waals surface area contributed by atoms with E-state index in [2.05, 4.69) is 5.10 Å². The maximum absolute atomic E-state index is 11.2. The molecule has 0 radical (unpaired) electrons. The SMILES string of the molecule is CCCn1nc(C)c([N+](=O)[O-])c1N(C)CCCC(=O)O. The minimum atomic E-state index is -0.869. The van der Waals surface area contributed by atoms with Gasteiger partial charge < -0.3 is 10.0 Å². The van der Waals surface area contributed by atoms with Crippen molar-refractivity contribution in [2.45, 2.75) is 39.7 Å². The maximum atomic E-state index is 11.2. The van der Waals surface area contributed by atoms with Crippen molar-refractivity contribution in [1.82, 2.24) is 9.78 Å². The van der Waals surface area contributed by atoms with Crippen molar-refractivity contribution >= 4 is 17.5 Å². The lowest BCUT2D eigenvalue weighted by Gasteiger charge is -2.19. The Labute approximate surface area is 117 Å². The first-order valence-corrected chi connectivity index (χ1v) is 6.53. The molecule has 1 aromatic rings. The number of hydrogen-bond donors (Lipinski definition) is 1. The Morgan fingerprint density at radius 1 is 1.55 bits per heavy atom. The van der Waals surface area contributed by atoms with Gasteiger partial charge in [-0.15, -0.1) is 0 Å². The fraction of sp³-hybridized carbons (Fsp3) is 0.667. The highest BCUT2D eigenvalue weighted by Gasteiger charge is 2.27. The molecule has 0 unspecified atom stereocenters. The summed E-state index contributed by atoms with van der Waals surface area (Å²) >= 11 is 0. The largest absolute Gasteiger partial charge is 0.481 e. The van der Waals surface area contributed by atoms with Gasteiger partial charge >= 0.3 is 11.7 Å². The molecule has 0 spiro atoms. The number of carbonyl (C=O) groups is 1. The van der Waals surface area contributed by atoms with E-state index in [9.17, 15) is 14.9 Å². The molecule has 8 nitrogen and oxygen atoms in total. The fourth-order valence-corrected chi connectivity index (χ4v) is 2.09. The first-order valence-electron chi connectivity index (χ1n) is 6.53. The van der Waals surface area contributed by atoms with Crippen molar-refractivity contribution < 1.29 is 14.8 Å². The third kappa shape index (κ3) is 3.69. The minimum absolute atomic E-state index is 0.00345. The number of aliphatic carboxylic acids is 1. The predicted octanol–water partition coefficient (Wildman–Crippen LogP) is 1.81. The van der Waals surface area contributed by atoms with Crippen molar-refractivity contribution in [3.63, 3.8) is 0 Å². The summed E-state index contributed by atoms with van der Waals surface area (Å²) in [5.74, 6) is -0.425. The average Bonchev–Trinajstić information content (AvgIpc) is 2.65. The summed E-state index contributed by atoms with van der Waals surface area (Å²) in [6.07, 6.45) is 1.28. The molecule has 20 heavy (non-hydrogen) atoms. The molecule has 1 heterocycles. The molecule has 0 aliphatic heterocycles. The van der Waals surface area contributed by atoms with Gasteiger partial charge in [-0.05, 0) is 19.8 Å². The molecule has 8 heteroatoms. The second-order valence-electron chi connectivity index (χ2n) is 4.66. The van der Waals surface area contributed by atoms with Crippen LogP contribution in [0.3, 0.4) is 0 Å². The van der Waals surface area contributed by atoms with Gasteiger partial charge in [0.25, 0.3) is 0 Å². The molecule has 1 N–H and O–H groups in total. The van der Waals surface area contributed by atoms with E-state index in [1.165, 1.54) is 0 Å². The number of anilines is 1. The number of carboxylic acid groups (broad SMARTS) is 1. The van der Waals surface area contributed by atoms with E-state index >= 15 is 0 Å². The van der Waals surface area contributed by atoms with Crippen molar-refractivity contribution in [1.29, 1.82) is 0 Å². The number of nitrogens with zero attached hydrogens (tertiary/aromatic N) is 4. The molecule has 1 rings (SSSR count). The van der Waals surface area contributed by atoms with E-state index in [0.29, 0.717) is 31.0 Å². The third-order valence-electron chi connectivity index (χ3n) is 2.93. The Bertz CT molecular complexity index is 498. The Morgan fingerprint density at radius 2 is 2.20 bits per heavy atom. The van der Waals surface area contributed by atoms with Crippen molar-refractivity contribution in [2.24, 2.45) is 0 Å². The molecule has 0 aliphatic carbocycles. The average molecular weight is 284 g/mol. The minimum Gasteiger partial charge on any atom is -0.481 e. The molecular weight excluding hydrogens is 264 g/mol. The first kappa shape index (κ1) is 15.9. The fourth-order valence-electron chi connectivity index (χ4n) is 2.09. The molecular formula is C12H20N4O4. The molecule has 0 atom stereocenters. The number of carboxylic acids is 1. The van der Waals surface area contributed by atoms with E-state index < -0.39 is 10.9 Å². The van der Waals surface area contributed by atoms with Crippen LogP contribution in [0.2, 0.25) is 0 Å². The summed E-state index contributed by atoms with van der Waals surface area (Å²) in [6, 6.07) is 0. The van der Waals surface area contributed by atoms with Crippen LogP contribution in [-0.4, -0.2) is 39.4 Å². The van der Waals surface area contributed by atoms with Crippen LogP contribution in [0.4, 0.5) is 11.5 Å². The summed E-state index contributed by atoms with van der Waals surface area (Å²) in [7, 11) is 1.72. The predicted molar refractivity (Wildman–Crippen MR) is 74.0 cm³/mol. The van der Waals surface area contributed by atoms with Crippen molar-refractivity contribution in [2.75, 3.05) is 18.5 Å². The highest BCUT2D eigenvalue weighted by atomic mass is 16.6. The lowest BCUT2D eigenvalue weighted by atomic mass is 10.3. The molecule has 0 saturated heterocycles. The van der Waals surface area contributed by atoms with Crippen molar-refractivity contribution in [3.8, 4) is 0 Å². The van der Waals surface area contributed by atoms with Gasteiger partial charge in [0.05, 0.1) is 4.92 Å². The summed E-state index contributed by atoms with van der Waals surface area (Å²) < 4.78 is 1.62. The number of aryl methyl sites for hydroxylation is 2. The van der Waals surface area contributed by atoms with E-state index in [4.69, 9.17) is 5.11 Å². The van der Waals surface area contributed by atoms with Crippen molar-refractivity contribution in [3.05, 3.63) is 15.8 Å². The smallest absolute Gasteiger partial charge is 0.333 e. The maximum Gasteiger partial charge on any atom is 0.333 e. The molecule has 0 bridgehead atoms. The second-order valence-corrected chi connectivity index (χ2v) is 4.66. The number of aromatic nitrogens is 2. The van der Waals surface area contributed by atoms with Crippen LogP contribution in [0.25, 0.3) is 0 Å². The molecule has 0 saturated carbocycles. The Hall–Kier alpha value is -2.12. The van der Waals surface area contributed by atoms with Crippen LogP contribution in [0.15, 0.2) is 0 Å². The summed E-state index contributed by atoms with van der Waals surface area (Å²) in [6.45, 7) is 4.60. The van der Waals surface area contributed by atoms with E-state index in [0.717, 1.165) is 6.42 Å². The van der Waals surface area contributed by atoms with E-state index in [-0.39, 0.29) is 12.1 Å². The van der Waals surface area contributed by atoms with Gasteiger partial charge in [-0.1, -0.05) is 6.92 Å². The van der Waals surface area contributed by atoms with Crippen LogP contribution in [0, 0.1) is 17.0 Å². The van der Waals surface area contributed by atoms with Gasteiger partial charge in [0.2, 0.25) is 5.82 Å². The zero-order chi connectivity index (χ0) is 15.3. The van der Waals surface area contributed by atoms with Gasteiger partial charge in [0, 0.05) is 26.6 Å². The molecule has 1 aromatic heterocycles. The van der Waals surface area contributed by atoms with Gasteiger partial charge in [-0.2, -0.15) is 5.10 Å². The summed E-state index contributed by atoms with van der Waals surface area (Å²) in [5.41, 5.74) is 0.375. The third-order valence-corrected chi connectivity index (χ3v) is 2.93. The zero-order valence-corrected chi connectivity index (χ0v) is 12.0. The van der Waals surface area contributed by atoms with E-state index in [1.54, 1.807) is 23.6 Å². The molecule has 0 aromatic carbocycles. The monoisotopic (exact) mass is 284 g/mol. The lowest BCUT2D eigenvalue weighted by Crippen LogP contribution is -2.23. The second kappa shape index (κ2) is 6.88. The Kier molecular flexibility index (Phi) is 5.48. The van der Waals surface area contributed by atoms with Gasteiger partial charge in [-0.3, -0.25) is 14.9 Å². The highest BCUT2D eigenvalue weighted by molar-refractivity contribution is 5.67. The molecule has 0 fully saturated rings.